The van der Waals surface area contributed by atoms with E-state index in [-0.39, 0.29) is 5.91 Å². The van der Waals surface area contributed by atoms with Crippen molar-refractivity contribution in [3.05, 3.63) is 70.4 Å². The number of rotatable bonds is 8. The van der Waals surface area contributed by atoms with E-state index < -0.39 is 5.97 Å². The van der Waals surface area contributed by atoms with Crippen molar-refractivity contribution in [2.45, 2.75) is 40.5 Å². The number of esters is 1. The summed E-state index contributed by atoms with van der Waals surface area (Å²) in [5.41, 5.74) is 3.84. The Kier molecular flexibility index (Phi) is 7.58. The molecule has 0 saturated carbocycles. The lowest BCUT2D eigenvalue weighted by molar-refractivity contribution is 0.0507. The number of carbonyl (C=O) groups is 2. The summed E-state index contributed by atoms with van der Waals surface area (Å²) in [6, 6.07) is 11.7. The highest BCUT2D eigenvalue weighted by Crippen LogP contribution is 2.40. The van der Waals surface area contributed by atoms with Crippen LogP contribution in [0.3, 0.4) is 0 Å². The minimum atomic E-state index is -0.422. The van der Waals surface area contributed by atoms with Crippen molar-refractivity contribution in [3.8, 4) is 11.1 Å². The average Bonchev–Trinajstić information content (AvgIpc) is 3.08. The molecule has 0 unspecified atom stereocenters. The largest absolute Gasteiger partial charge is 0.462 e. The van der Waals surface area contributed by atoms with Crippen LogP contribution < -0.4 is 5.32 Å². The fourth-order valence-electron chi connectivity index (χ4n) is 3.39. The Morgan fingerprint density at radius 2 is 1.90 bits per heavy atom. The molecule has 3 rings (SSSR count). The van der Waals surface area contributed by atoms with Gasteiger partial charge in [-0.1, -0.05) is 45.0 Å². The second-order valence-electron chi connectivity index (χ2n) is 7.86. The van der Waals surface area contributed by atoms with Crippen molar-refractivity contribution in [1.82, 2.24) is 4.98 Å². The lowest BCUT2D eigenvalue weighted by atomic mass is 9.97. The quantitative estimate of drug-likeness (QED) is 0.431. The molecule has 1 aromatic carbocycles. The van der Waals surface area contributed by atoms with Crippen molar-refractivity contribution in [2.75, 3.05) is 11.9 Å². The fourth-order valence-corrected chi connectivity index (χ4v) is 4.45. The molecule has 0 aliphatic rings. The molecule has 1 amide bonds. The maximum Gasteiger partial charge on any atom is 0.341 e. The molecular weight excluding hydrogens is 408 g/mol. The minimum Gasteiger partial charge on any atom is -0.462 e. The highest BCUT2D eigenvalue weighted by atomic mass is 32.1. The Bertz CT molecular complexity index is 1040. The maximum atomic E-state index is 13.0. The van der Waals surface area contributed by atoms with Crippen LogP contribution in [0, 0.1) is 12.8 Å². The Morgan fingerprint density at radius 1 is 1.16 bits per heavy atom. The third-order valence-electron chi connectivity index (χ3n) is 4.76. The van der Waals surface area contributed by atoms with Gasteiger partial charge in [-0.15, -0.1) is 11.3 Å². The van der Waals surface area contributed by atoms with Gasteiger partial charge in [0.15, 0.2) is 0 Å². The van der Waals surface area contributed by atoms with Gasteiger partial charge in [0, 0.05) is 22.8 Å². The van der Waals surface area contributed by atoms with E-state index in [2.05, 4.69) is 36.3 Å². The predicted molar refractivity (Wildman–Crippen MR) is 126 cm³/mol. The number of benzene rings is 1. The summed E-state index contributed by atoms with van der Waals surface area (Å²) in [6.07, 6.45) is 4.84. The first-order chi connectivity index (χ1) is 14.9. The zero-order valence-electron chi connectivity index (χ0n) is 18.4. The minimum absolute atomic E-state index is 0.308. The van der Waals surface area contributed by atoms with E-state index in [1.807, 2.05) is 26.0 Å². The van der Waals surface area contributed by atoms with Crippen LogP contribution in [0.1, 0.15) is 58.3 Å². The summed E-state index contributed by atoms with van der Waals surface area (Å²) in [4.78, 5) is 30.6. The van der Waals surface area contributed by atoms with Crippen molar-refractivity contribution in [3.63, 3.8) is 0 Å². The molecule has 1 N–H and O–H groups in total. The van der Waals surface area contributed by atoms with Gasteiger partial charge in [-0.05, 0) is 48.9 Å². The van der Waals surface area contributed by atoms with Crippen molar-refractivity contribution in [2.24, 2.45) is 5.92 Å². The predicted octanol–water partition coefficient (Wildman–Crippen LogP) is 6.14. The summed E-state index contributed by atoms with van der Waals surface area (Å²) in [7, 11) is 0. The van der Waals surface area contributed by atoms with E-state index in [1.165, 1.54) is 23.1 Å². The molecule has 6 heteroatoms. The first kappa shape index (κ1) is 22.7. The molecular formula is C25H28N2O3S. The van der Waals surface area contributed by atoms with E-state index in [9.17, 15) is 9.59 Å². The van der Waals surface area contributed by atoms with E-state index in [4.69, 9.17) is 4.74 Å². The second-order valence-corrected chi connectivity index (χ2v) is 9.09. The topological polar surface area (TPSA) is 68.3 Å². The van der Waals surface area contributed by atoms with Gasteiger partial charge in [0.25, 0.3) is 5.91 Å². The average molecular weight is 437 g/mol. The van der Waals surface area contributed by atoms with Crippen LogP contribution in [0.4, 0.5) is 5.00 Å². The van der Waals surface area contributed by atoms with Crippen molar-refractivity contribution >= 4 is 28.2 Å². The molecule has 162 valence electrons. The molecule has 0 bridgehead atoms. The number of amides is 1. The van der Waals surface area contributed by atoms with E-state index in [0.717, 1.165) is 28.8 Å². The molecule has 0 spiro atoms. The highest BCUT2D eigenvalue weighted by Gasteiger charge is 2.26. The lowest BCUT2D eigenvalue weighted by Crippen LogP contribution is -2.15. The number of anilines is 1. The van der Waals surface area contributed by atoms with E-state index in [1.54, 1.807) is 18.3 Å². The Morgan fingerprint density at radius 3 is 2.52 bits per heavy atom. The number of hydrogen-bond acceptors (Lipinski definition) is 5. The standard InChI is InChI=1S/C25H28N2O3S/c1-5-13-30-25(29)22-21(19-10-8-18(9-11-19)14-16(2)3)17(4)31-24(22)27-23(28)20-7-6-12-26-15-20/h6-12,15-16H,5,13-14H2,1-4H3,(H,27,28). The van der Waals surface area contributed by atoms with Crippen molar-refractivity contribution in [1.29, 1.82) is 0 Å². The summed E-state index contributed by atoms with van der Waals surface area (Å²) in [5, 5.41) is 3.39. The van der Waals surface area contributed by atoms with Gasteiger partial charge in [-0.3, -0.25) is 9.78 Å². The van der Waals surface area contributed by atoms with Crippen LogP contribution in [-0.2, 0) is 11.2 Å². The van der Waals surface area contributed by atoms with Gasteiger partial charge in [0.1, 0.15) is 10.6 Å². The third kappa shape index (κ3) is 5.58. The lowest BCUT2D eigenvalue weighted by Gasteiger charge is -2.11. The normalized spacial score (nSPS) is 10.9. The fraction of sp³-hybridized carbons (Fsp3) is 0.320. The highest BCUT2D eigenvalue weighted by molar-refractivity contribution is 7.17. The van der Waals surface area contributed by atoms with Crippen LogP contribution in [-0.4, -0.2) is 23.5 Å². The number of carbonyl (C=O) groups excluding carboxylic acids is 2. The van der Waals surface area contributed by atoms with Gasteiger partial charge in [0.05, 0.1) is 12.2 Å². The number of ether oxygens (including phenoxy) is 1. The molecule has 0 aliphatic heterocycles. The summed E-state index contributed by atoms with van der Waals surface area (Å²) < 4.78 is 5.46. The first-order valence-electron chi connectivity index (χ1n) is 10.5. The van der Waals surface area contributed by atoms with Crippen LogP contribution >= 0.6 is 11.3 Å². The van der Waals surface area contributed by atoms with Crippen molar-refractivity contribution < 1.29 is 14.3 Å². The van der Waals surface area contributed by atoms with Crippen LogP contribution in [0.25, 0.3) is 11.1 Å². The zero-order valence-corrected chi connectivity index (χ0v) is 19.2. The molecule has 2 heterocycles. The Hall–Kier alpha value is -2.99. The SMILES string of the molecule is CCCOC(=O)c1c(NC(=O)c2cccnc2)sc(C)c1-c1ccc(CC(C)C)cc1. The number of aryl methyl sites for hydroxylation is 1. The number of pyridine rings is 1. The molecule has 2 aromatic heterocycles. The number of thiophene rings is 1. The molecule has 0 atom stereocenters. The third-order valence-corrected chi connectivity index (χ3v) is 5.78. The number of nitrogens with zero attached hydrogens (tertiary/aromatic N) is 1. The monoisotopic (exact) mass is 436 g/mol. The Balaban J connectivity index is 2.00. The molecule has 0 saturated heterocycles. The van der Waals surface area contributed by atoms with Gasteiger partial charge in [0.2, 0.25) is 0 Å². The van der Waals surface area contributed by atoms with Gasteiger partial charge in [-0.2, -0.15) is 0 Å². The smallest absolute Gasteiger partial charge is 0.341 e. The van der Waals surface area contributed by atoms with Gasteiger partial charge < -0.3 is 10.1 Å². The molecule has 0 radical (unpaired) electrons. The van der Waals surface area contributed by atoms with Crippen LogP contribution in [0.2, 0.25) is 0 Å². The second kappa shape index (κ2) is 10.4. The molecule has 31 heavy (non-hydrogen) atoms. The van der Waals surface area contributed by atoms with Crippen LogP contribution in [0.15, 0.2) is 48.8 Å². The van der Waals surface area contributed by atoms with E-state index >= 15 is 0 Å². The van der Waals surface area contributed by atoms with E-state index in [0.29, 0.717) is 28.7 Å². The number of aromatic nitrogens is 1. The molecule has 3 aromatic rings. The van der Waals surface area contributed by atoms with Gasteiger partial charge >= 0.3 is 5.97 Å². The molecule has 5 nitrogen and oxygen atoms in total. The maximum absolute atomic E-state index is 13.0. The Labute approximate surface area is 187 Å². The van der Waals surface area contributed by atoms with Gasteiger partial charge in [-0.25, -0.2) is 4.79 Å². The number of nitrogens with one attached hydrogen (secondary N) is 1. The first-order valence-corrected chi connectivity index (χ1v) is 11.3. The number of hydrogen-bond donors (Lipinski definition) is 1. The molecule has 0 aliphatic carbocycles. The summed E-state index contributed by atoms with van der Waals surface area (Å²) in [5.74, 6) is -0.158. The molecule has 0 fully saturated rings. The summed E-state index contributed by atoms with van der Waals surface area (Å²) >= 11 is 1.38. The zero-order chi connectivity index (χ0) is 22.4. The summed E-state index contributed by atoms with van der Waals surface area (Å²) in [6.45, 7) is 8.62. The van der Waals surface area contributed by atoms with Crippen LogP contribution in [0.5, 0.6) is 0 Å².